The van der Waals surface area contributed by atoms with Crippen molar-refractivity contribution >= 4 is 16.9 Å². The van der Waals surface area contributed by atoms with E-state index in [0.29, 0.717) is 25.5 Å². The third-order valence-corrected chi connectivity index (χ3v) is 4.98. The van der Waals surface area contributed by atoms with Gasteiger partial charge in [-0.2, -0.15) is 0 Å². The number of methoxy groups -OCH3 is 1. The summed E-state index contributed by atoms with van der Waals surface area (Å²) in [7, 11) is 1.64. The smallest absolute Gasteiger partial charge is 0.286 e. The largest absolute Gasteiger partial charge is 0.497 e. The second-order valence-electron chi connectivity index (χ2n) is 7.03. The van der Waals surface area contributed by atoms with E-state index in [1.54, 1.807) is 19.2 Å². The van der Waals surface area contributed by atoms with Crippen LogP contribution in [0.25, 0.3) is 11.0 Å². The highest BCUT2D eigenvalue weighted by Gasteiger charge is 2.12. The first-order valence-electron chi connectivity index (χ1n) is 10.3. The number of para-hydroxylation sites is 2. The van der Waals surface area contributed by atoms with Crippen LogP contribution in [0.3, 0.4) is 0 Å². The van der Waals surface area contributed by atoms with Crippen molar-refractivity contribution in [2.24, 2.45) is 0 Å². The molecule has 1 amide bonds. The van der Waals surface area contributed by atoms with Crippen molar-refractivity contribution in [3.63, 3.8) is 0 Å². The molecule has 1 N–H and O–H groups in total. The van der Waals surface area contributed by atoms with Gasteiger partial charge < -0.3 is 23.8 Å². The number of aromatic nitrogens is 2. The Morgan fingerprint density at radius 1 is 1.06 bits per heavy atom. The minimum absolute atomic E-state index is 0.202. The highest BCUT2D eigenvalue weighted by molar-refractivity contribution is 5.91. The van der Waals surface area contributed by atoms with Gasteiger partial charge in [0, 0.05) is 13.0 Å². The molecule has 0 saturated heterocycles. The summed E-state index contributed by atoms with van der Waals surface area (Å²) < 4.78 is 18.4. The summed E-state index contributed by atoms with van der Waals surface area (Å²) >= 11 is 0. The summed E-state index contributed by atoms with van der Waals surface area (Å²) in [4.78, 5) is 16.8. The van der Waals surface area contributed by atoms with Crippen LogP contribution in [-0.4, -0.2) is 35.7 Å². The van der Waals surface area contributed by atoms with Crippen molar-refractivity contribution in [3.05, 3.63) is 78.5 Å². The lowest BCUT2D eigenvalue weighted by Gasteiger charge is -2.11. The van der Waals surface area contributed by atoms with Gasteiger partial charge in [0.25, 0.3) is 5.91 Å². The van der Waals surface area contributed by atoms with Gasteiger partial charge in [-0.3, -0.25) is 4.79 Å². The molecule has 7 nitrogen and oxygen atoms in total. The Hall–Kier alpha value is -3.74. The molecule has 7 heteroatoms. The van der Waals surface area contributed by atoms with Crippen LogP contribution in [0, 0.1) is 0 Å². The van der Waals surface area contributed by atoms with Crippen LogP contribution in [0.1, 0.15) is 22.8 Å². The number of ether oxygens (including phenoxy) is 2. The van der Waals surface area contributed by atoms with Crippen LogP contribution < -0.4 is 14.8 Å². The number of rotatable bonds is 10. The molecule has 0 saturated carbocycles. The number of hydrogen-bond donors (Lipinski definition) is 1. The van der Waals surface area contributed by atoms with Gasteiger partial charge in [0.05, 0.1) is 31.0 Å². The molecule has 4 rings (SSSR count). The summed E-state index contributed by atoms with van der Waals surface area (Å²) in [6.07, 6.45) is 3.01. The molecular weight excluding hydrogens is 394 g/mol. The number of carbonyl (C=O) groups excluding carboxylic acids is 1. The maximum absolute atomic E-state index is 12.0. The van der Waals surface area contributed by atoms with Crippen LogP contribution in [0.15, 0.2) is 71.3 Å². The van der Waals surface area contributed by atoms with E-state index in [2.05, 4.69) is 16.0 Å². The van der Waals surface area contributed by atoms with Crippen molar-refractivity contribution in [3.8, 4) is 11.5 Å². The number of imidazole rings is 1. The van der Waals surface area contributed by atoms with Crippen LogP contribution >= 0.6 is 0 Å². The molecule has 2 heterocycles. The highest BCUT2D eigenvalue weighted by Crippen LogP contribution is 2.19. The summed E-state index contributed by atoms with van der Waals surface area (Å²) in [6.45, 7) is 1.75. The highest BCUT2D eigenvalue weighted by atomic mass is 16.5. The molecule has 0 spiro atoms. The molecular formula is C24H25N3O4. The number of carbonyl (C=O) groups is 1. The van der Waals surface area contributed by atoms with Gasteiger partial charge in [0.1, 0.15) is 23.9 Å². The third kappa shape index (κ3) is 5.06. The maximum atomic E-state index is 12.0. The zero-order chi connectivity index (χ0) is 21.5. The van der Waals surface area contributed by atoms with Crippen molar-refractivity contribution in [2.45, 2.75) is 19.4 Å². The van der Waals surface area contributed by atoms with Crippen molar-refractivity contribution < 1.29 is 18.7 Å². The molecule has 0 radical (unpaired) electrons. The minimum atomic E-state index is -0.202. The first-order chi connectivity index (χ1) is 15.2. The summed E-state index contributed by atoms with van der Waals surface area (Å²) in [5.74, 6) is 2.70. The second kappa shape index (κ2) is 9.84. The first-order valence-corrected chi connectivity index (χ1v) is 10.3. The SMILES string of the molecule is COc1ccc(OCCn2c(CCCNC(=O)c3ccco3)nc3ccccc32)cc1. The number of aryl methyl sites for hydroxylation is 1. The number of hydrogen-bond acceptors (Lipinski definition) is 5. The van der Waals surface area contributed by atoms with Gasteiger partial charge in [-0.05, 0) is 55.0 Å². The second-order valence-corrected chi connectivity index (χ2v) is 7.03. The lowest BCUT2D eigenvalue weighted by atomic mass is 10.3. The molecule has 2 aromatic heterocycles. The van der Waals surface area contributed by atoms with E-state index in [-0.39, 0.29) is 5.91 Å². The average Bonchev–Trinajstić information content (AvgIpc) is 3.46. The Morgan fingerprint density at radius 2 is 1.87 bits per heavy atom. The molecule has 160 valence electrons. The van der Waals surface area contributed by atoms with Crippen LogP contribution in [0.2, 0.25) is 0 Å². The van der Waals surface area contributed by atoms with Crippen LogP contribution in [-0.2, 0) is 13.0 Å². The quantitative estimate of drug-likeness (QED) is 0.392. The topological polar surface area (TPSA) is 78.5 Å². The fourth-order valence-electron chi connectivity index (χ4n) is 3.44. The van der Waals surface area contributed by atoms with Crippen molar-refractivity contribution in [1.82, 2.24) is 14.9 Å². The number of furan rings is 1. The van der Waals surface area contributed by atoms with E-state index in [9.17, 15) is 4.79 Å². The fraction of sp³-hybridized carbons (Fsp3) is 0.250. The molecule has 0 fully saturated rings. The molecule has 0 aliphatic heterocycles. The third-order valence-electron chi connectivity index (χ3n) is 4.98. The van der Waals surface area contributed by atoms with Gasteiger partial charge in [-0.1, -0.05) is 12.1 Å². The van der Waals surface area contributed by atoms with Gasteiger partial charge >= 0.3 is 0 Å². The molecule has 0 aliphatic rings. The predicted molar refractivity (Wildman–Crippen MR) is 118 cm³/mol. The molecule has 0 unspecified atom stereocenters. The Balaban J connectivity index is 1.36. The standard InChI is InChI=1S/C24H25N3O4/c1-29-18-10-12-19(13-11-18)30-17-15-27-21-7-3-2-6-20(21)26-23(27)9-4-14-25-24(28)22-8-5-16-31-22/h2-3,5-8,10-13,16H,4,9,14-15,17H2,1H3,(H,25,28). The molecule has 2 aromatic carbocycles. The first kappa shape index (κ1) is 20.5. The molecule has 0 bridgehead atoms. The molecule has 0 aliphatic carbocycles. The summed E-state index contributed by atoms with van der Waals surface area (Å²) in [6, 6.07) is 19.0. The fourth-order valence-corrected chi connectivity index (χ4v) is 3.44. The van der Waals surface area contributed by atoms with Crippen LogP contribution in [0.5, 0.6) is 11.5 Å². The summed E-state index contributed by atoms with van der Waals surface area (Å²) in [5.41, 5.74) is 2.04. The van der Waals surface area contributed by atoms with Gasteiger partial charge in [0.2, 0.25) is 0 Å². The van der Waals surface area contributed by atoms with E-state index in [4.69, 9.17) is 18.9 Å². The Kier molecular flexibility index (Phi) is 6.52. The molecule has 0 atom stereocenters. The zero-order valence-corrected chi connectivity index (χ0v) is 17.4. The van der Waals surface area contributed by atoms with Crippen molar-refractivity contribution in [1.29, 1.82) is 0 Å². The predicted octanol–water partition coefficient (Wildman–Crippen LogP) is 4.08. The normalized spacial score (nSPS) is 10.9. The maximum Gasteiger partial charge on any atom is 0.286 e. The zero-order valence-electron chi connectivity index (χ0n) is 17.4. The van der Waals surface area contributed by atoms with Crippen molar-refractivity contribution in [2.75, 3.05) is 20.3 Å². The average molecular weight is 419 g/mol. The van der Waals surface area contributed by atoms with Gasteiger partial charge in [-0.25, -0.2) is 4.98 Å². The monoisotopic (exact) mass is 419 g/mol. The van der Waals surface area contributed by atoms with E-state index in [1.807, 2.05) is 42.5 Å². The number of amides is 1. The summed E-state index contributed by atoms with van der Waals surface area (Å²) in [5, 5.41) is 2.88. The van der Waals surface area contributed by atoms with E-state index >= 15 is 0 Å². The van der Waals surface area contributed by atoms with Crippen LogP contribution in [0.4, 0.5) is 0 Å². The van der Waals surface area contributed by atoms with Gasteiger partial charge in [-0.15, -0.1) is 0 Å². The minimum Gasteiger partial charge on any atom is -0.497 e. The van der Waals surface area contributed by atoms with E-state index < -0.39 is 0 Å². The number of benzene rings is 2. The number of nitrogens with one attached hydrogen (secondary N) is 1. The Bertz CT molecular complexity index is 1120. The van der Waals surface area contributed by atoms with E-state index in [0.717, 1.165) is 41.2 Å². The molecule has 4 aromatic rings. The number of fused-ring (bicyclic) bond motifs is 1. The van der Waals surface area contributed by atoms with E-state index in [1.165, 1.54) is 6.26 Å². The van der Waals surface area contributed by atoms with Gasteiger partial charge in [0.15, 0.2) is 5.76 Å². The Labute approximate surface area is 180 Å². The lowest BCUT2D eigenvalue weighted by molar-refractivity contribution is 0.0925. The lowest BCUT2D eigenvalue weighted by Crippen LogP contribution is -2.24. The Morgan fingerprint density at radius 3 is 2.65 bits per heavy atom. The molecule has 31 heavy (non-hydrogen) atoms. The number of nitrogens with zero attached hydrogens (tertiary/aromatic N) is 2.